The third-order valence-corrected chi connectivity index (χ3v) is 7.37. The van der Waals surface area contributed by atoms with E-state index < -0.39 is 35.3 Å². The van der Waals surface area contributed by atoms with Crippen LogP contribution in [0.3, 0.4) is 0 Å². The van der Waals surface area contributed by atoms with Crippen LogP contribution in [-0.4, -0.2) is 60.0 Å². The monoisotopic (exact) mass is 582 g/mol. The highest BCUT2D eigenvalue weighted by Gasteiger charge is 2.37. The number of piperidine rings is 1. The third kappa shape index (κ3) is 8.26. The maximum Gasteiger partial charge on any atom is 0.251 e. The molecular weight excluding hydrogens is 546 g/mol. The topological polar surface area (TPSA) is 152 Å². The van der Waals surface area contributed by atoms with Gasteiger partial charge in [-0.2, -0.15) is 4.98 Å². The van der Waals surface area contributed by atoms with Gasteiger partial charge in [0.05, 0.1) is 6.04 Å². The second-order valence-electron chi connectivity index (χ2n) is 10.4. The molecule has 0 saturated carbocycles. The van der Waals surface area contributed by atoms with Gasteiger partial charge in [-0.3, -0.25) is 14.4 Å². The third-order valence-electron chi connectivity index (χ3n) is 7.37. The van der Waals surface area contributed by atoms with Crippen molar-refractivity contribution in [2.45, 2.75) is 50.5 Å². The average molecular weight is 583 g/mol. The molecule has 4 rings (SSSR count). The van der Waals surface area contributed by atoms with Gasteiger partial charge in [0, 0.05) is 12.1 Å². The van der Waals surface area contributed by atoms with Crippen LogP contribution in [0.25, 0.3) is 0 Å². The number of nitrogens with one attached hydrogen (secondary N) is 3. The number of hydrogen-bond acceptors (Lipinski definition) is 8. The fraction of sp³-hybridized carbons (Fsp3) is 0.433. The lowest BCUT2D eigenvalue weighted by molar-refractivity contribution is -0.124. The summed E-state index contributed by atoms with van der Waals surface area (Å²) in [5.41, 5.74) is 6.55. The van der Waals surface area contributed by atoms with Crippen LogP contribution in [0.15, 0.2) is 53.1 Å². The average Bonchev–Trinajstić information content (AvgIpc) is 3.48. The zero-order valence-corrected chi connectivity index (χ0v) is 23.3. The van der Waals surface area contributed by atoms with Crippen LogP contribution in [0.2, 0.25) is 0 Å². The van der Waals surface area contributed by atoms with E-state index in [0.29, 0.717) is 45.2 Å². The Labute approximate surface area is 242 Å². The summed E-state index contributed by atoms with van der Waals surface area (Å²) in [4.78, 5) is 44.0. The van der Waals surface area contributed by atoms with Crippen molar-refractivity contribution in [2.24, 2.45) is 11.7 Å². The van der Waals surface area contributed by atoms with Crippen LogP contribution >= 0.6 is 0 Å². The van der Waals surface area contributed by atoms with Gasteiger partial charge in [0.15, 0.2) is 11.6 Å². The Hall–Kier alpha value is -4.03. The molecule has 1 fully saturated rings. The first kappa shape index (κ1) is 30.9. The Balaban J connectivity index is 1.50. The Morgan fingerprint density at radius 1 is 1.05 bits per heavy atom. The minimum absolute atomic E-state index is 0.0371. The molecule has 10 nitrogen and oxygen atoms in total. The molecular formula is C30H36F2N6O4. The molecule has 12 heteroatoms. The van der Waals surface area contributed by atoms with E-state index in [1.165, 1.54) is 0 Å². The van der Waals surface area contributed by atoms with E-state index >= 15 is 0 Å². The van der Waals surface area contributed by atoms with E-state index in [2.05, 4.69) is 26.1 Å². The molecule has 0 spiro atoms. The van der Waals surface area contributed by atoms with Crippen molar-refractivity contribution in [3.63, 3.8) is 0 Å². The van der Waals surface area contributed by atoms with Gasteiger partial charge in [0.2, 0.25) is 23.4 Å². The van der Waals surface area contributed by atoms with Gasteiger partial charge in [-0.25, -0.2) is 8.78 Å². The number of Topliss-reactive ketones (excluding diaryl/α,β-unsaturated/α-hetero) is 1. The lowest BCUT2D eigenvalue weighted by Gasteiger charge is -2.27. The molecule has 0 radical (unpaired) electrons. The summed E-state index contributed by atoms with van der Waals surface area (Å²) >= 11 is 0. The van der Waals surface area contributed by atoms with Gasteiger partial charge in [-0.15, -0.1) is 0 Å². The standard InChI is InChI=1S/C30H36F2N6O4/c31-22-10-9-21(18-23(22)32)28(40)36-24(8-4-5-14-33)26(39)27-37-30(42-38-27)25(20-12-15-34-16-13-20)29(41)35-17-11-19-6-2-1-3-7-19/h1-3,6-7,9-10,18,20,24-25,34H,4-5,8,11-17,33H2,(H,35,41)(H,36,40). The van der Waals surface area contributed by atoms with Crippen molar-refractivity contribution in [3.8, 4) is 0 Å². The summed E-state index contributed by atoms with van der Waals surface area (Å²) < 4.78 is 32.6. The van der Waals surface area contributed by atoms with Gasteiger partial charge in [-0.1, -0.05) is 35.5 Å². The van der Waals surface area contributed by atoms with E-state index in [9.17, 15) is 23.2 Å². The zero-order chi connectivity index (χ0) is 29.9. The molecule has 2 heterocycles. The SMILES string of the molecule is NCCCCC(NC(=O)c1ccc(F)c(F)c1)C(=O)c1noc(C(C(=O)NCCc2ccccc2)C2CCNCC2)n1. The molecule has 1 aromatic heterocycles. The van der Waals surface area contributed by atoms with E-state index in [1.807, 2.05) is 30.3 Å². The largest absolute Gasteiger partial charge is 0.355 e. The number of amides is 2. The van der Waals surface area contributed by atoms with Crippen LogP contribution < -0.4 is 21.7 Å². The second-order valence-corrected chi connectivity index (χ2v) is 10.4. The highest BCUT2D eigenvalue weighted by Crippen LogP contribution is 2.31. The second kappa shape index (κ2) is 15.3. The first-order chi connectivity index (χ1) is 20.4. The zero-order valence-electron chi connectivity index (χ0n) is 23.3. The number of carbonyl (C=O) groups excluding carboxylic acids is 3. The molecule has 2 aromatic carbocycles. The predicted molar refractivity (Wildman–Crippen MR) is 151 cm³/mol. The van der Waals surface area contributed by atoms with Crippen LogP contribution in [0, 0.1) is 17.6 Å². The quantitative estimate of drug-likeness (QED) is 0.167. The number of nitrogens with two attached hydrogens (primary N) is 1. The molecule has 2 amide bonds. The Bertz CT molecular complexity index is 1350. The predicted octanol–water partition coefficient (Wildman–Crippen LogP) is 2.90. The number of carbonyl (C=O) groups is 3. The summed E-state index contributed by atoms with van der Waals surface area (Å²) in [7, 11) is 0. The molecule has 2 unspecified atom stereocenters. The van der Waals surface area contributed by atoms with Gasteiger partial charge < -0.3 is 26.2 Å². The van der Waals surface area contributed by atoms with Crippen LogP contribution in [0.5, 0.6) is 0 Å². The summed E-state index contributed by atoms with van der Waals surface area (Å²) in [5.74, 6) is -4.95. The molecule has 2 atom stereocenters. The van der Waals surface area contributed by atoms with Crippen molar-refractivity contribution in [1.82, 2.24) is 26.1 Å². The maximum atomic E-state index is 13.7. The fourth-order valence-corrected chi connectivity index (χ4v) is 5.05. The Kier molecular flexibility index (Phi) is 11.2. The van der Waals surface area contributed by atoms with Crippen molar-refractivity contribution in [2.75, 3.05) is 26.2 Å². The molecule has 1 aliphatic rings. The summed E-state index contributed by atoms with van der Waals surface area (Å²) in [6.45, 7) is 2.28. The number of ketones is 1. The van der Waals surface area contributed by atoms with Gasteiger partial charge in [0.1, 0.15) is 5.92 Å². The molecule has 224 valence electrons. The molecule has 42 heavy (non-hydrogen) atoms. The summed E-state index contributed by atoms with van der Waals surface area (Å²) in [6.07, 6.45) is 3.41. The highest BCUT2D eigenvalue weighted by atomic mass is 19.2. The van der Waals surface area contributed by atoms with E-state index in [0.717, 1.165) is 36.9 Å². The molecule has 0 aliphatic carbocycles. The van der Waals surface area contributed by atoms with Gasteiger partial charge in [-0.05, 0) is 87.8 Å². The van der Waals surface area contributed by atoms with Crippen molar-refractivity contribution >= 4 is 17.6 Å². The Morgan fingerprint density at radius 3 is 2.52 bits per heavy atom. The smallest absolute Gasteiger partial charge is 0.251 e. The van der Waals surface area contributed by atoms with E-state index in [-0.39, 0.29) is 35.5 Å². The van der Waals surface area contributed by atoms with Crippen molar-refractivity contribution in [1.29, 1.82) is 0 Å². The minimum atomic E-state index is -1.18. The van der Waals surface area contributed by atoms with E-state index in [1.54, 1.807) is 0 Å². The lowest BCUT2D eigenvalue weighted by atomic mass is 9.84. The van der Waals surface area contributed by atoms with Crippen molar-refractivity contribution in [3.05, 3.63) is 83.0 Å². The van der Waals surface area contributed by atoms with Crippen LogP contribution in [-0.2, 0) is 11.2 Å². The molecule has 3 aromatic rings. The Morgan fingerprint density at radius 2 is 1.81 bits per heavy atom. The molecule has 1 aliphatic heterocycles. The molecule has 5 N–H and O–H groups in total. The minimum Gasteiger partial charge on any atom is -0.355 e. The lowest BCUT2D eigenvalue weighted by Crippen LogP contribution is -2.41. The van der Waals surface area contributed by atoms with Crippen molar-refractivity contribution < 1.29 is 27.7 Å². The summed E-state index contributed by atoms with van der Waals surface area (Å²) in [6, 6.07) is 11.4. The molecule has 0 bridgehead atoms. The number of benzene rings is 2. The molecule has 1 saturated heterocycles. The normalized spacial score (nSPS) is 15.1. The summed E-state index contributed by atoms with van der Waals surface area (Å²) in [5, 5.41) is 12.7. The highest BCUT2D eigenvalue weighted by molar-refractivity contribution is 6.02. The maximum absolute atomic E-state index is 13.7. The number of nitrogens with zero attached hydrogens (tertiary/aromatic N) is 2. The first-order valence-corrected chi connectivity index (χ1v) is 14.2. The van der Waals surface area contributed by atoms with E-state index in [4.69, 9.17) is 10.3 Å². The number of hydrogen-bond donors (Lipinski definition) is 4. The number of unbranched alkanes of at least 4 members (excludes halogenated alkanes) is 1. The fourth-order valence-electron chi connectivity index (χ4n) is 5.05. The number of halogens is 2. The van der Waals surface area contributed by atoms with Gasteiger partial charge in [0.25, 0.3) is 5.91 Å². The number of rotatable bonds is 14. The van der Waals surface area contributed by atoms with Crippen LogP contribution in [0.4, 0.5) is 8.78 Å². The first-order valence-electron chi connectivity index (χ1n) is 14.2. The van der Waals surface area contributed by atoms with Gasteiger partial charge >= 0.3 is 0 Å². The van der Waals surface area contributed by atoms with Crippen LogP contribution in [0.1, 0.15) is 70.5 Å². The number of aromatic nitrogens is 2.